The fourth-order valence-corrected chi connectivity index (χ4v) is 4.30. The maximum absolute atomic E-state index is 12.8. The van der Waals surface area contributed by atoms with Crippen molar-refractivity contribution < 1.29 is 22.3 Å². The van der Waals surface area contributed by atoms with Gasteiger partial charge in [0.25, 0.3) is 11.6 Å². The molecule has 1 aliphatic rings. The van der Waals surface area contributed by atoms with Gasteiger partial charge in [0.1, 0.15) is 5.75 Å². The van der Waals surface area contributed by atoms with E-state index in [4.69, 9.17) is 4.18 Å². The maximum Gasteiger partial charge on any atom is 0.346 e. The number of carbonyl (C=O) groups is 1. The first-order valence-corrected chi connectivity index (χ1v) is 11.1. The second kappa shape index (κ2) is 8.67. The smallest absolute Gasteiger partial charge is 0.346 e. The third-order valence-corrected chi connectivity index (χ3v) is 6.09. The van der Waals surface area contributed by atoms with Crippen molar-refractivity contribution in [3.05, 3.63) is 100 Å². The minimum Gasteiger partial charge on any atom is -0.379 e. The average Bonchev–Trinajstić information content (AvgIpc) is 3.09. The molecule has 0 saturated heterocycles. The molecule has 1 heterocycles. The van der Waals surface area contributed by atoms with Crippen molar-refractivity contribution >= 4 is 39.2 Å². The summed E-state index contributed by atoms with van der Waals surface area (Å²) >= 11 is 0. The van der Waals surface area contributed by atoms with Gasteiger partial charge < -0.3 is 4.18 Å². The highest BCUT2D eigenvalue weighted by Gasteiger charge is 2.29. The van der Waals surface area contributed by atoms with Gasteiger partial charge in [-0.25, -0.2) is 0 Å². The number of anilines is 1. The number of carbonyl (C=O) groups excluding carboxylic acids is 1. The zero-order chi connectivity index (χ0) is 23.6. The molecule has 1 amide bonds. The first-order valence-electron chi connectivity index (χ1n) is 9.71. The van der Waals surface area contributed by atoms with Crippen molar-refractivity contribution in [2.45, 2.75) is 11.8 Å². The molecule has 1 aliphatic heterocycles. The largest absolute Gasteiger partial charge is 0.379 e. The summed E-state index contributed by atoms with van der Waals surface area (Å²) in [7, 11) is -4.42. The maximum atomic E-state index is 12.8. The van der Waals surface area contributed by atoms with Gasteiger partial charge in [-0.1, -0.05) is 42.5 Å². The van der Waals surface area contributed by atoms with Crippen LogP contribution in [0.2, 0.25) is 0 Å². The highest BCUT2D eigenvalue weighted by Crippen LogP contribution is 2.28. The van der Waals surface area contributed by atoms with Gasteiger partial charge in [0, 0.05) is 6.07 Å². The van der Waals surface area contributed by atoms with E-state index in [2.05, 4.69) is 5.10 Å². The summed E-state index contributed by atoms with van der Waals surface area (Å²) in [5.41, 5.74) is 1.65. The van der Waals surface area contributed by atoms with Gasteiger partial charge in [-0.15, -0.1) is 0 Å². The number of hydrogen-bond donors (Lipinski definition) is 0. The van der Waals surface area contributed by atoms with Gasteiger partial charge in [-0.2, -0.15) is 18.5 Å². The number of hydrazone groups is 1. The van der Waals surface area contributed by atoms with Crippen LogP contribution in [0.25, 0.3) is 6.08 Å². The van der Waals surface area contributed by atoms with Gasteiger partial charge in [0.15, 0.2) is 4.90 Å². The van der Waals surface area contributed by atoms with Crippen molar-refractivity contribution in [2.75, 3.05) is 5.01 Å². The molecule has 3 aromatic carbocycles. The topological polar surface area (TPSA) is 119 Å². The van der Waals surface area contributed by atoms with E-state index in [0.717, 1.165) is 12.1 Å². The van der Waals surface area contributed by atoms with E-state index in [-0.39, 0.29) is 11.7 Å². The molecule has 33 heavy (non-hydrogen) atoms. The molecule has 3 aromatic rings. The van der Waals surface area contributed by atoms with Crippen LogP contribution in [0.15, 0.2) is 94.4 Å². The van der Waals surface area contributed by atoms with Crippen LogP contribution in [-0.2, 0) is 14.9 Å². The molecule has 0 aliphatic carbocycles. The molecule has 0 bridgehead atoms. The third kappa shape index (κ3) is 4.51. The highest BCUT2D eigenvalue weighted by atomic mass is 32.2. The minimum atomic E-state index is -4.42. The number of para-hydroxylation sites is 2. The summed E-state index contributed by atoms with van der Waals surface area (Å²) in [6.07, 6.45) is 1.64. The highest BCUT2D eigenvalue weighted by molar-refractivity contribution is 7.87. The van der Waals surface area contributed by atoms with Crippen LogP contribution in [0.3, 0.4) is 0 Å². The van der Waals surface area contributed by atoms with E-state index in [1.54, 1.807) is 37.3 Å². The number of amides is 1. The van der Waals surface area contributed by atoms with E-state index in [1.807, 2.05) is 18.2 Å². The Hall–Kier alpha value is -4.31. The molecule has 10 heteroatoms. The molecule has 0 aromatic heterocycles. The van der Waals surface area contributed by atoms with Crippen molar-refractivity contribution in [2.24, 2.45) is 5.10 Å². The Labute approximate surface area is 189 Å². The Morgan fingerprint density at radius 2 is 1.61 bits per heavy atom. The molecule has 4 rings (SSSR count). The number of benzene rings is 3. The molecular weight excluding hydrogens is 446 g/mol. The molecule has 9 nitrogen and oxygen atoms in total. The number of nitrogens with zero attached hydrogens (tertiary/aromatic N) is 3. The molecule has 0 unspecified atom stereocenters. The standard InChI is InChI=1S/C23H17N3O6S/c1-16-20(23(27)25(24-16)18-7-3-2-4-8-18)15-17-11-13-19(14-12-17)32-33(30,31)22-10-6-5-9-21(22)26(28)29/h2-15H,1H3/b20-15+. The Kier molecular flexibility index (Phi) is 5.76. The SMILES string of the molecule is CC1=NN(c2ccccc2)C(=O)/C1=C/c1ccc(OS(=O)(=O)c2ccccc2[N+](=O)[O-])cc1. The molecule has 0 atom stereocenters. The van der Waals surface area contributed by atoms with Gasteiger partial charge in [0.05, 0.1) is 21.9 Å². The van der Waals surface area contributed by atoms with Crippen LogP contribution in [0.5, 0.6) is 5.75 Å². The fraction of sp³-hybridized carbons (Fsp3) is 0.0435. The zero-order valence-corrected chi connectivity index (χ0v) is 18.1. The predicted octanol–water partition coefficient (Wildman–Crippen LogP) is 4.17. The fourth-order valence-electron chi connectivity index (χ4n) is 3.21. The second-order valence-electron chi connectivity index (χ2n) is 7.03. The van der Waals surface area contributed by atoms with E-state index in [9.17, 15) is 23.3 Å². The number of rotatable bonds is 6. The summed E-state index contributed by atoms with van der Waals surface area (Å²) in [4.78, 5) is 22.6. The summed E-state index contributed by atoms with van der Waals surface area (Å²) < 4.78 is 30.2. The first-order chi connectivity index (χ1) is 15.8. The second-order valence-corrected chi connectivity index (χ2v) is 8.54. The molecular formula is C23H17N3O6S. The zero-order valence-electron chi connectivity index (χ0n) is 17.3. The molecule has 0 saturated carbocycles. The van der Waals surface area contributed by atoms with E-state index >= 15 is 0 Å². The molecule has 0 fully saturated rings. The normalized spacial score (nSPS) is 14.9. The van der Waals surface area contributed by atoms with Crippen LogP contribution in [0.1, 0.15) is 12.5 Å². The number of nitro groups is 1. The van der Waals surface area contributed by atoms with Crippen molar-refractivity contribution in [3.8, 4) is 5.75 Å². The van der Waals surface area contributed by atoms with Gasteiger partial charge >= 0.3 is 10.1 Å². The summed E-state index contributed by atoms with van der Waals surface area (Å²) in [6.45, 7) is 1.73. The van der Waals surface area contributed by atoms with Crippen LogP contribution >= 0.6 is 0 Å². The lowest BCUT2D eigenvalue weighted by Gasteiger charge is -2.11. The lowest BCUT2D eigenvalue weighted by Crippen LogP contribution is -2.21. The third-order valence-electron chi connectivity index (χ3n) is 4.79. The van der Waals surface area contributed by atoms with Crippen molar-refractivity contribution in [1.82, 2.24) is 0 Å². The lowest BCUT2D eigenvalue weighted by molar-refractivity contribution is -0.387. The summed E-state index contributed by atoms with van der Waals surface area (Å²) in [6, 6.07) is 19.9. The Morgan fingerprint density at radius 3 is 2.27 bits per heavy atom. The van der Waals surface area contributed by atoms with E-state index in [1.165, 1.54) is 29.3 Å². The summed E-state index contributed by atoms with van der Waals surface area (Å²) in [5, 5.41) is 16.8. The van der Waals surface area contributed by atoms with E-state index < -0.39 is 25.6 Å². The van der Waals surface area contributed by atoms with E-state index in [0.29, 0.717) is 22.5 Å². The predicted molar refractivity (Wildman–Crippen MR) is 122 cm³/mol. The van der Waals surface area contributed by atoms with Gasteiger partial charge in [-0.05, 0) is 48.9 Å². The quantitative estimate of drug-likeness (QED) is 0.234. The molecule has 0 N–H and O–H groups in total. The molecule has 0 spiro atoms. The lowest BCUT2D eigenvalue weighted by atomic mass is 10.1. The van der Waals surface area contributed by atoms with Crippen LogP contribution in [0, 0.1) is 10.1 Å². The van der Waals surface area contributed by atoms with Crippen LogP contribution in [0.4, 0.5) is 11.4 Å². The Morgan fingerprint density at radius 1 is 0.970 bits per heavy atom. The van der Waals surface area contributed by atoms with Gasteiger partial charge in [0.2, 0.25) is 0 Å². The first kappa shape index (κ1) is 21.9. The average molecular weight is 463 g/mol. The Bertz CT molecular complexity index is 1400. The molecule has 166 valence electrons. The van der Waals surface area contributed by atoms with Crippen LogP contribution < -0.4 is 9.19 Å². The minimum absolute atomic E-state index is 0.0237. The number of nitro benzene ring substituents is 1. The van der Waals surface area contributed by atoms with Gasteiger partial charge in [-0.3, -0.25) is 14.9 Å². The Balaban J connectivity index is 1.55. The van der Waals surface area contributed by atoms with Crippen molar-refractivity contribution in [3.63, 3.8) is 0 Å². The molecule has 0 radical (unpaired) electrons. The summed E-state index contributed by atoms with van der Waals surface area (Å²) in [5.74, 6) is -0.303. The van der Waals surface area contributed by atoms with Crippen molar-refractivity contribution in [1.29, 1.82) is 0 Å². The number of hydrogen-bond acceptors (Lipinski definition) is 7. The van der Waals surface area contributed by atoms with Crippen LogP contribution in [-0.4, -0.2) is 25.0 Å². The monoisotopic (exact) mass is 463 g/mol.